The largest absolute Gasteiger partial charge is 0.478 e. The van der Waals surface area contributed by atoms with Crippen molar-refractivity contribution in [2.45, 2.75) is 32.9 Å². The molecule has 0 saturated heterocycles. The number of aryl methyl sites for hydroxylation is 1. The second-order valence-electron chi connectivity index (χ2n) is 3.80. The summed E-state index contributed by atoms with van der Waals surface area (Å²) < 4.78 is 5.28. The summed E-state index contributed by atoms with van der Waals surface area (Å²) in [6.07, 6.45) is 0.325. The lowest BCUT2D eigenvalue weighted by atomic mass is 10.2. The highest BCUT2D eigenvalue weighted by Crippen LogP contribution is 2.14. The topological polar surface area (TPSA) is 82.7 Å². The van der Waals surface area contributed by atoms with Gasteiger partial charge in [-0.1, -0.05) is 0 Å². The second-order valence-corrected chi connectivity index (χ2v) is 3.80. The van der Waals surface area contributed by atoms with Crippen LogP contribution in [0.15, 0.2) is 10.5 Å². The Morgan fingerprint density at radius 1 is 1.62 bits per heavy atom. The van der Waals surface area contributed by atoms with Gasteiger partial charge >= 0.3 is 5.97 Å². The van der Waals surface area contributed by atoms with Gasteiger partial charge in [0.15, 0.2) is 0 Å². The first kappa shape index (κ1) is 12.7. The zero-order chi connectivity index (χ0) is 12.1. The third kappa shape index (κ3) is 3.67. The van der Waals surface area contributed by atoms with Gasteiger partial charge in [-0.25, -0.2) is 4.79 Å². The van der Waals surface area contributed by atoms with Crippen LogP contribution in [0.3, 0.4) is 0 Å². The van der Waals surface area contributed by atoms with Gasteiger partial charge in [-0.2, -0.15) is 0 Å². The molecule has 0 saturated carbocycles. The Morgan fingerprint density at radius 2 is 2.31 bits per heavy atom. The quantitative estimate of drug-likeness (QED) is 0.635. The van der Waals surface area contributed by atoms with Crippen molar-refractivity contribution in [1.29, 1.82) is 0 Å². The van der Waals surface area contributed by atoms with E-state index in [0.717, 1.165) is 0 Å². The number of hydrogen-bond donors (Lipinski definition) is 3. The summed E-state index contributed by atoms with van der Waals surface area (Å²) in [7, 11) is 0. The minimum atomic E-state index is -0.975. The molecule has 0 aliphatic carbocycles. The Hall–Kier alpha value is -1.33. The van der Waals surface area contributed by atoms with E-state index in [1.165, 1.54) is 6.07 Å². The molecule has 0 aromatic carbocycles. The van der Waals surface area contributed by atoms with E-state index >= 15 is 0 Å². The van der Waals surface area contributed by atoms with Crippen LogP contribution in [0.1, 0.15) is 35.2 Å². The molecule has 16 heavy (non-hydrogen) atoms. The molecule has 5 nitrogen and oxygen atoms in total. The van der Waals surface area contributed by atoms with Crippen LogP contribution in [-0.4, -0.2) is 28.8 Å². The van der Waals surface area contributed by atoms with Crippen LogP contribution in [0.4, 0.5) is 0 Å². The Labute approximate surface area is 94.1 Å². The molecule has 1 atom stereocenters. The molecule has 1 aromatic rings. The summed E-state index contributed by atoms with van der Waals surface area (Å²) in [4.78, 5) is 10.7. The highest BCUT2D eigenvalue weighted by Gasteiger charge is 2.13. The van der Waals surface area contributed by atoms with E-state index in [0.29, 0.717) is 31.0 Å². The number of aliphatic hydroxyl groups excluding tert-OH is 1. The van der Waals surface area contributed by atoms with Crippen molar-refractivity contribution < 1.29 is 19.4 Å². The summed E-state index contributed by atoms with van der Waals surface area (Å²) in [6, 6.07) is 1.52. The number of rotatable bonds is 6. The predicted octanol–water partition coefficient (Wildman–Crippen LogP) is 1.15. The van der Waals surface area contributed by atoms with Crippen LogP contribution in [0.5, 0.6) is 0 Å². The summed E-state index contributed by atoms with van der Waals surface area (Å²) in [6.45, 7) is 4.49. The lowest BCUT2D eigenvalue weighted by Gasteiger charge is -2.04. The first-order valence-corrected chi connectivity index (χ1v) is 5.22. The molecule has 0 bridgehead atoms. The van der Waals surface area contributed by atoms with E-state index in [4.69, 9.17) is 14.6 Å². The summed E-state index contributed by atoms with van der Waals surface area (Å²) >= 11 is 0. The van der Waals surface area contributed by atoms with Gasteiger partial charge in [0, 0.05) is 0 Å². The molecule has 0 amide bonds. The summed E-state index contributed by atoms with van der Waals surface area (Å²) in [5, 5.41) is 20.9. The van der Waals surface area contributed by atoms with Crippen LogP contribution in [0.25, 0.3) is 0 Å². The lowest BCUT2D eigenvalue weighted by molar-refractivity contribution is 0.0695. The Balaban J connectivity index is 2.43. The van der Waals surface area contributed by atoms with Crippen molar-refractivity contribution >= 4 is 5.97 Å². The molecule has 0 aliphatic heterocycles. The van der Waals surface area contributed by atoms with Crippen molar-refractivity contribution in [2.24, 2.45) is 0 Å². The highest BCUT2D eigenvalue weighted by atomic mass is 16.4. The van der Waals surface area contributed by atoms with Crippen LogP contribution < -0.4 is 5.32 Å². The van der Waals surface area contributed by atoms with Crippen molar-refractivity contribution in [2.75, 3.05) is 6.54 Å². The first-order valence-electron chi connectivity index (χ1n) is 5.22. The van der Waals surface area contributed by atoms with E-state index in [2.05, 4.69) is 5.32 Å². The van der Waals surface area contributed by atoms with Crippen molar-refractivity contribution in [3.05, 3.63) is 23.2 Å². The van der Waals surface area contributed by atoms with Crippen LogP contribution in [0, 0.1) is 6.92 Å². The third-order valence-corrected chi connectivity index (χ3v) is 2.24. The normalized spacial score (nSPS) is 12.7. The Bertz CT molecular complexity index is 357. The van der Waals surface area contributed by atoms with Crippen LogP contribution in [0.2, 0.25) is 0 Å². The smallest absolute Gasteiger partial charge is 0.339 e. The monoisotopic (exact) mass is 227 g/mol. The zero-order valence-electron chi connectivity index (χ0n) is 9.49. The number of carboxylic acids is 1. The molecule has 0 spiro atoms. The maximum atomic E-state index is 10.7. The van der Waals surface area contributed by atoms with Crippen molar-refractivity contribution in [3.8, 4) is 0 Å². The molecule has 0 radical (unpaired) electrons. The molecule has 1 rings (SSSR count). The van der Waals surface area contributed by atoms with Gasteiger partial charge in [0.25, 0.3) is 0 Å². The molecule has 90 valence electrons. The third-order valence-electron chi connectivity index (χ3n) is 2.24. The van der Waals surface area contributed by atoms with Crippen molar-refractivity contribution in [1.82, 2.24) is 5.32 Å². The number of hydrogen-bond acceptors (Lipinski definition) is 4. The Kier molecular flexibility index (Phi) is 4.52. The second kappa shape index (κ2) is 5.67. The molecule has 1 aromatic heterocycles. The van der Waals surface area contributed by atoms with E-state index < -0.39 is 5.97 Å². The number of carbonyl (C=O) groups is 1. The fourth-order valence-electron chi connectivity index (χ4n) is 1.37. The molecular weight excluding hydrogens is 210 g/mol. The van der Waals surface area contributed by atoms with Crippen LogP contribution in [-0.2, 0) is 6.54 Å². The highest BCUT2D eigenvalue weighted by molar-refractivity contribution is 5.88. The van der Waals surface area contributed by atoms with Gasteiger partial charge < -0.3 is 19.9 Å². The van der Waals surface area contributed by atoms with Gasteiger partial charge in [0.05, 0.1) is 12.6 Å². The number of carboxylic acid groups (broad SMARTS) is 1. The molecule has 1 heterocycles. The number of furan rings is 1. The lowest BCUT2D eigenvalue weighted by Crippen LogP contribution is -2.18. The maximum Gasteiger partial charge on any atom is 0.339 e. The fraction of sp³-hybridized carbons (Fsp3) is 0.545. The van der Waals surface area contributed by atoms with Gasteiger partial charge in [0.1, 0.15) is 17.1 Å². The molecule has 3 N–H and O–H groups in total. The van der Waals surface area contributed by atoms with Gasteiger partial charge in [-0.3, -0.25) is 0 Å². The minimum absolute atomic E-state index is 0.201. The average Bonchev–Trinajstić information content (AvgIpc) is 2.54. The fourth-order valence-corrected chi connectivity index (χ4v) is 1.37. The SMILES string of the molecule is Cc1oc(CNCCC(C)O)cc1C(=O)O. The van der Waals surface area contributed by atoms with E-state index in [9.17, 15) is 4.79 Å². The van der Waals surface area contributed by atoms with Crippen molar-refractivity contribution in [3.63, 3.8) is 0 Å². The van der Waals surface area contributed by atoms with E-state index in [1.807, 2.05) is 0 Å². The minimum Gasteiger partial charge on any atom is -0.478 e. The maximum absolute atomic E-state index is 10.7. The Morgan fingerprint density at radius 3 is 2.81 bits per heavy atom. The van der Waals surface area contributed by atoms with Gasteiger partial charge in [-0.15, -0.1) is 0 Å². The molecule has 0 fully saturated rings. The standard InChI is InChI=1S/C11H17NO4/c1-7(13)3-4-12-6-9-5-10(11(14)15)8(2)16-9/h5,7,12-13H,3-4,6H2,1-2H3,(H,14,15). The summed E-state index contributed by atoms with van der Waals surface area (Å²) in [5.74, 6) is 0.0387. The average molecular weight is 227 g/mol. The number of nitrogens with one attached hydrogen (secondary N) is 1. The molecule has 5 heteroatoms. The zero-order valence-corrected chi connectivity index (χ0v) is 9.49. The van der Waals surface area contributed by atoms with Gasteiger partial charge in [-0.05, 0) is 32.9 Å². The molecule has 0 aliphatic rings. The number of aliphatic hydroxyl groups is 1. The first-order chi connectivity index (χ1) is 7.50. The van der Waals surface area contributed by atoms with E-state index in [-0.39, 0.29) is 11.7 Å². The predicted molar refractivity (Wildman–Crippen MR) is 58.4 cm³/mol. The number of aromatic carboxylic acids is 1. The molecule has 1 unspecified atom stereocenters. The summed E-state index contributed by atoms with van der Waals surface area (Å²) in [5.41, 5.74) is 0.201. The van der Waals surface area contributed by atoms with Crippen LogP contribution >= 0.6 is 0 Å². The molecular formula is C11H17NO4. The van der Waals surface area contributed by atoms with Gasteiger partial charge in [0.2, 0.25) is 0 Å². The van der Waals surface area contributed by atoms with E-state index in [1.54, 1.807) is 13.8 Å².